The first-order valence-corrected chi connectivity index (χ1v) is 47.2. The van der Waals surface area contributed by atoms with Crippen molar-refractivity contribution in [1.82, 2.24) is 0 Å². The third-order valence-electron chi connectivity index (χ3n) is 9.96. The van der Waals surface area contributed by atoms with Crippen LogP contribution in [0, 0.1) is 20.8 Å². The van der Waals surface area contributed by atoms with Gasteiger partial charge in [0.15, 0.2) is 0 Å². The molecule has 1 radical (unpaired) electrons. The van der Waals surface area contributed by atoms with Gasteiger partial charge in [-0.15, -0.1) is 0 Å². The Morgan fingerprint density at radius 1 is 0.478 bits per heavy atom. The van der Waals surface area contributed by atoms with Gasteiger partial charge in [-0.25, -0.2) is 0 Å². The molecule has 2 aromatic carbocycles. The van der Waals surface area contributed by atoms with Gasteiger partial charge in [-0.2, -0.15) is 0 Å². The molecule has 257 valence electrons. The Hall–Kier alpha value is 1.05. The molecule has 2 aromatic rings. The van der Waals surface area contributed by atoms with Crippen LogP contribution in [0.4, 0.5) is 0 Å². The molecule has 1 aliphatic heterocycles. The summed E-state index contributed by atoms with van der Waals surface area (Å²) in [7, 11) is -4.15. The van der Waals surface area contributed by atoms with Crippen LogP contribution in [-0.4, -0.2) is 65.8 Å². The van der Waals surface area contributed by atoms with Crippen LogP contribution in [0.15, 0.2) is 24.3 Å². The zero-order valence-corrected chi connectivity index (χ0v) is 43.7. The van der Waals surface area contributed by atoms with E-state index in [0.29, 0.717) is 5.27 Å². The maximum atomic E-state index is 2.91. The fourth-order valence-corrected chi connectivity index (χ4v) is 65.0. The van der Waals surface area contributed by atoms with Crippen LogP contribution >= 0.6 is 19.9 Å². The number of benzene rings is 2. The molecular weight excluding hydrogens is 748 g/mol. The molecule has 10 heteroatoms. The van der Waals surface area contributed by atoms with E-state index < -0.39 is 60.5 Å². The average Bonchev–Trinajstić information content (AvgIpc) is 2.69. The van der Waals surface area contributed by atoms with Crippen LogP contribution in [0.2, 0.25) is 118 Å². The van der Waals surface area contributed by atoms with E-state index in [1.807, 2.05) is 16.6 Å². The molecule has 0 saturated carbocycles. The second-order valence-electron chi connectivity index (χ2n) is 21.2. The fourth-order valence-electron chi connectivity index (χ4n) is 10.3. The summed E-state index contributed by atoms with van der Waals surface area (Å²) in [4.78, 5) is 0. The van der Waals surface area contributed by atoms with E-state index in [1.54, 1.807) is 21.1 Å². The van der Waals surface area contributed by atoms with E-state index in [0.717, 1.165) is 15.5 Å². The SMILES string of the molecule is Cc1cc(C)[c]([Ge]2[S]B(c3c(C([Si](C)(C)C)[Si](C)(C)C)cc(C([Si](C)(C)C)[Si](C)(C)C)cc3C([Si](C)(C)C)[Si](C)(C)C)[S]2)c(C)c1. The normalized spacial score (nSPS) is 16.2. The third-order valence-corrected chi connectivity index (χ3v) is 55.2. The van der Waals surface area contributed by atoms with Gasteiger partial charge in [0.2, 0.25) is 0 Å². The molecule has 3 rings (SSSR count). The van der Waals surface area contributed by atoms with E-state index in [-0.39, 0.29) is 0 Å². The van der Waals surface area contributed by atoms with Crippen LogP contribution in [0.25, 0.3) is 0 Å². The predicted octanol–water partition coefficient (Wildman–Crippen LogP) is 11.7. The summed E-state index contributed by atoms with van der Waals surface area (Å²) in [6.07, 6.45) is 0. The first-order chi connectivity index (χ1) is 20.4. The molecule has 0 unspecified atom stereocenters. The van der Waals surface area contributed by atoms with Crippen LogP contribution in [0.1, 0.15) is 48.9 Å². The Balaban J connectivity index is 2.51. The number of aryl methyl sites for hydroxylation is 3. The summed E-state index contributed by atoms with van der Waals surface area (Å²) in [5.74, 6) is 0. The quantitative estimate of drug-likeness (QED) is 0.207. The number of rotatable bonds is 11. The van der Waals surface area contributed by atoms with Crippen molar-refractivity contribution in [1.29, 1.82) is 0 Å². The molecule has 46 heavy (non-hydrogen) atoms. The van der Waals surface area contributed by atoms with Gasteiger partial charge in [0, 0.05) is 0 Å². The average molecular weight is 819 g/mol. The zero-order valence-electron chi connectivity index (χ0n) is 33.9. The van der Waals surface area contributed by atoms with Crippen LogP contribution in [-0.2, 0) is 0 Å². The monoisotopic (exact) mass is 819 g/mol. The summed E-state index contributed by atoms with van der Waals surface area (Å²) in [5, 5.41) is 2.93. The molecule has 0 N–H and O–H groups in total. The van der Waals surface area contributed by atoms with E-state index in [2.05, 4.69) is 183 Å². The molecule has 0 bridgehead atoms. The molecule has 0 spiro atoms. The molecule has 0 aromatic heterocycles. The summed E-state index contributed by atoms with van der Waals surface area (Å²) in [6.45, 7) is 55.5. The summed E-state index contributed by atoms with van der Waals surface area (Å²) < 4.78 is 1.76. The number of hydrogen-bond acceptors (Lipinski definition) is 2. The van der Waals surface area contributed by atoms with Crippen molar-refractivity contribution in [2.24, 2.45) is 0 Å². The van der Waals surface area contributed by atoms with Crippen molar-refractivity contribution < 1.29 is 0 Å². The third kappa shape index (κ3) is 9.28. The first-order valence-electron chi connectivity index (χ1n) is 17.8. The van der Waals surface area contributed by atoms with Crippen molar-refractivity contribution in [3.05, 3.63) is 57.6 Å². The fraction of sp³-hybridized carbons (Fsp3) is 0.667. The van der Waals surface area contributed by atoms with Gasteiger partial charge in [-0.3, -0.25) is 0 Å². The molecule has 0 amide bonds. The molecule has 1 heterocycles. The van der Waals surface area contributed by atoms with E-state index in [9.17, 15) is 0 Å². The molecule has 0 atom stereocenters. The minimum absolute atomic E-state index is 0.608. The van der Waals surface area contributed by atoms with Gasteiger partial charge in [-0.1, -0.05) is 0 Å². The Kier molecular flexibility index (Phi) is 12.5. The van der Waals surface area contributed by atoms with E-state index in [1.165, 1.54) is 5.56 Å². The molecule has 0 nitrogen and oxygen atoms in total. The van der Waals surface area contributed by atoms with Gasteiger partial charge in [0.05, 0.1) is 0 Å². The summed E-state index contributed by atoms with van der Waals surface area (Å²) in [6, 6.07) is 10.7. The number of hydrogen-bond donors (Lipinski definition) is 0. The Morgan fingerprint density at radius 3 is 1.07 bits per heavy atom. The van der Waals surface area contributed by atoms with Crippen molar-refractivity contribution in [2.75, 3.05) is 0 Å². The Bertz CT molecular complexity index is 1300. The molecular formula is C36H70BGeS2Si6. The molecule has 0 aliphatic carbocycles. The standard InChI is InChI=1S/C36H70BGeS2Si6/c1-26-22-27(2)33(28(3)23-26)38-39-37(40-38)32-30(35(43(10,11)12)44(13,14)15)24-29(34(41(4,5)6)42(7,8)9)25-31(32)36(45(16,17)18)46(19,20)21/h22-25,34-36H,1-21H3. The van der Waals surface area contributed by atoms with Gasteiger partial charge in [0.25, 0.3) is 0 Å². The van der Waals surface area contributed by atoms with Crippen LogP contribution in [0.5, 0.6) is 0 Å². The zero-order chi connectivity index (χ0) is 35.7. The summed E-state index contributed by atoms with van der Waals surface area (Å²) >= 11 is -1.49. The van der Waals surface area contributed by atoms with Crippen molar-refractivity contribution >= 4 is 95.5 Å². The predicted molar refractivity (Wildman–Crippen MR) is 241 cm³/mol. The molecule has 1 saturated heterocycles. The van der Waals surface area contributed by atoms with Gasteiger partial charge >= 0.3 is 307 Å². The van der Waals surface area contributed by atoms with Gasteiger partial charge in [-0.05, 0) is 0 Å². The van der Waals surface area contributed by atoms with Crippen molar-refractivity contribution in [2.45, 2.75) is 154 Å². The second kappa shape index (κ2) is 13.9. The van der Waals surface area contributed by atoms with Crippen LogP contribution < -0.4 is 9.86 Å². The topological polar surface area (TPSA) is 0 Å². The second-order valence-corrected chi connectivity index (χ2v) is 67.3. The Labute approximate surface area is 304 Å². The van der Waals surface area contributed by atoms with Crippen molar-refractivity contribution in [3.63, 3.8) is 0 Å². The van der Waals surface area contributed by atoms with E-state index in [4.69, 9.17) is 0 Å². The summed E-state index contributed by atoms with van der Waals surface area (Å²) in [5.41, 5.74) is 11.9. The first kappa shape index (κ1) is 41.5. The van der Waals surface area contributed by atoms with E-state index >= 15 is 0 Å². The molecule has 1 fully saturated rings. The maximum absolute atomic E-state index is 2.91. The molecule has 1 aliphatic rings. The minimum atomic E-state index is -1.53. The Morgan fingerprint density at radius 2 is 0.783 bits per heavy atom. The van der Waals surface area contributed by atoms with Gasteiger partial charge in [0.1, 0.15) is 0 Å². The van der Waals surface area contributed by atoms with Crippen molar-refractivity contribution in [3.8, 4) is 0 Å². The van der Waals surface area contributed by atoms with Crippen LogP contribution in [0.3, 0.4) is 0 Å². The van der Waals surface area contributed by atoms with Gasteiger partial charge < -0.3 is 0 Å².